The second-order valence-corrected chi connectivity index (χ2v) is 7.51. The van der Waals surface area contributed by atoms with Gasteiger partial charge in [-0.05, 0) is 65.1 Å². The summed E-state index contributed by atoms with van der Waals surface area (Å²) in [5.41, 5.74) is 0. The Morgan fingerprint density at radius 2 is 1.86 bits per heavy atom. The zero-order valence-corrected chi connectivity index (χ0v) is 13.9. The fraction of sp³-hybridized carbons (Fsp3) is 1.00. The number of ether oxygens (including phenoxy) is 1. The Morgan fingerprint density at radius 3 is 2.52 bits per heavy atom. The van der Waals surface area contributed by atoms with E-state index in [1.54, 1.807) is 0 Å². The van der Waals surface area contributed by atoms with Gasteiger partial charge in [-0.15, -0.1) is 0 Å². The number of nitrogens with one attached hydrogen (secondary N) is 1. The predicted molar refractivity (Wildman–Crippen MR) is 86.6 cm³/mol. The van der Waals surface area contributed by atoms with E-state index in [0.29, 0.717) is 12.1 Å². The highest BCUT2D eigenvalue weighted by molar-refractivity contribution is 4.84. The first-order valence-electron chi connectivity index (χ1n) is 9.02. The van der Waals surface area contributed by atoms with Gasteiger partial charge in [0.25, 0.3) is 0 Å². The van der Waals surface area contributed by atoms with Crippen LogP contribution in [0.1, 0.15) is 39.5 Å². The lowest BCUT2D eigenvalue weighted by molar-refractivity contribution is -0.0551. The monoisotopic (exact) mass is 295 g/mol. The summed E-state index contributed by atoms with van der Waals surface area (Å²) in [6.07, 6.45) is 5.96. The molecule has 0 aromatic heterocycles. The Kier molecular flexibility index (Phi) is 5.54. The average molecular weight is 295 g/mol. The molecule has 0 aromatic carbocycles. The highest BCUT2D eigenvalue weighted by Gasteiger charge is 2.27. The first-order chi connectivity index (χ1) is 10.2. The number of morpholine rings is 1. The lowest BCUT2D eigenvalue weighted by Gasteiger charge is -2.39. The molecule has 0 aromatic rings. The molecule has 0 spiro atoms. The van der Waals surface area contributed by atoms with Crippen LogP contribution < -0.4 is 5.32 Å². The van der Waals surface area contributed by atoms with E-state index in [9.17, 15) is 0 Å². The van der Waals surface area contributed by atoms with Gasteiger partial charge in [0.1, 0.15) is 0 Å². The number of hydrogen-bond acceptors (Lipinski definition) is 4. The molecular formula is C17H33N3O. The number of rotatable bonds is 6. The lowest BCUT2D eigenvalue weighted by Crippen LogP contribution is -2.51. The van der Waals surface area contributed by atoms with Gasteiger partial charge in [0.15, 0.2) is 0 Å². The van der Waals surface area contributed by atoms with Crippen molar-refractivity contribution in [3.05, 3.63) is 0 Å². The Hall–Kier alpha value is -0.160. The van der Waals surface area contributed by atoms with Crippen LogP contribution in [0.25, 0.3) is 0 Å². The summed E-state index contributed by atoms with van der Waals surface area (Å²) >= 11 is 0. The van der Waals surface area contributed by atoms with Gasteiger partial charge in [-0.1, -0.05) is 0 Å². The summed E-state index contributed by atoms with van der Waals surface area (Å²) in [6, 6.07) is 1.51. The van der Waals surface area contributed by atoms with Crippen molar-refractivity contribution in [2.24, 2.45) is 5.92 Å². The largest absolute Gasteiger partial charge is 0.374 e. The normalized spacial score (nSPS) is 30.1. The number of hydrogen-bond donors (Lipinski definition) is 1. The van der Waals surface area contributed by atoms with Crippen LogP contribution in [0, 0.1) is 5.92 Å². The van der Waals surface area contributed by atoms with Crippen molar-refractivity contribution in [3.8, 4) is 0 Å². The summed E-state index contributed by atoms with van der Waals surface area (Å²) in [6.45, 7) is 12.6. The van der Waals surface area contributed by atoms with Gasteiger partial charge in [-0.25, -0.2) is 0 Å². The molecule has 4 nitrogen and oxygen atoms in total. The standard InChI is InChI=1S/C17H33N3O/c1-14(2)20-9-10-21-17(13-20)12-19-7-5-15(6-8-19)11-18-16-3-4-16/h14-18H,3-13H2,1-2H3. The molecule has 3 fully saturated rings. The van der Waals surface area contributed by atoms with E-state index >= 15 is 0 Å². The molecule has 0 radical (unpaired) electrons. The van der Waals surface area contributed by atoms with Gasteiger partial charge in [-0.2, -0.15) is 0 Å². The fourth-order valence-electron chi connectivity index (χ4n) is 3.60. The van der Waals surface area contributed by atoms with Gasteiger partial charge in [-0.3, -0.25) is 4.90 Å². The molecule has 2 aliphatic heterocycles. The molecule has 0 bridgehead atoms. The number of nitrogens with zero attached hydrogens (tertiary/aromatic N) is 2. The second kappa shape index (κ2) is 7.40. The van der Waals surface area contributed by atoms with Crippen molar-refractivity contribution in [1.29, 1.82) is 0 Å². The summed E-state index contributed by atoms with van der Waals surface area (Å²) in [5.74, 6) is 0.904. The molecular weight excluding hydrogens is 262 g/mol. The Morgan fingerprint density at radius 1 is 1.10 bits per heavy atom. The number of likely N-dealkylation sites (tertiary alicyclic amines) is 1. The first-order valence-corrected chi connectivity index (χ1v) is 9.02. The molecule has 4 heteroatoms. The summed E-state index contributed by atoms with van der Waals surface area (Å²) < 4.78 is 5.98. The van der Waals surface area contributed by atoms with Gasteiger partial charge in [0, 0.05) is 31.7 Å². The van der Waals surface area contributed by atoms with Crippen molar-refractivity contribution in [2.75, 3.05) is 45.9 Å². The maximum atomic E-state index is 5.98. The van der Waals surface area contributed by atoms with Crippen LogP contribution in [-0.2, 0) is 4.74 Å². The molecule has 1 N–H and O–H groups in total. The van der Waals surface area contributed by atoms with Gasteiger partial charge >= 0.3 is 0 Å². The molecule has 1 aliphatic carbocycles. The zero-order chi connectivity index (χ0) is 14.7. The van der Waals surface area contributed by atoms with E-state index in [0.717, 1.165) is 38.2 Å². The minimum Gasteiger partial charge on any atom is -0.374 e. The van der Waals surface area contributed by atoms with Crippen molar-refractivity contribution in [3.63, 3.8) is 0 Å². The van der Waals surface area contributed by atoms with E-state index < -0.39 is 0 Å². The molecule has 2 heterocycles. The van der Waals surface area contributed by atoms with Crippen LogP contribution in [-0.4, -0.2) is 73.9 Å². The predicted octanol–water partition coefficient (Wildman–Crippen LogP) is 1.56. The fourth-order valence-corrected chi connectivity index (χ4v) is 3.60. The molecule has 122 valence electrons. The minimum absolute atomic E-state index is 0.419. The average Bonchev–Trinajstić information content (AvgIpc) is 3.31. The van der Waals surface area contributed by atoms with Gasteiger partial charge < -0.3 is 15.0 Å². The second-order valence-electron chi connectivity index (χ2n) is 7.51. The first kappa shape index (κ1) is 15.7. The molecule has 0 amide bonds. The molecule has 2 saturated heterocycles. The molecule has 1 atom stereocenters. The van der Waals surface area contributed by atoms with E-state index in [-0.39, 0.29) is 0 Å². The van der Waals surface area contributed by atoms with Gasteiger partial charge in [0.2, 0.25) is 0 Å². The minimum atomic E-state index is 0.419. The van der Waals surface area contributed by atoms with Crippen molar-refractivity contribution >= 4 is 0 Å². The summed E-state index contributed by atoms with van der Waals surface area (Å²) in [5, 5.41) is 3.69. The topological polar surface area (TPSA) is 27.7 Å². The molecule has 3 aliphatic rings. The third kappa shape index (κ3) is 4.92. The maximum Gasteiger partial charge on any atom is 0.0829 e. The molecule has 1 saturated carbocycles. The Bertz CT molecular complexity index is 311. The summed E-state index contributed by atoms with van der Waals surface area (Å²) in [7, 11) is 0. The van der Waals surface area contributed by atoms with Crippen LogP contribution in [0.2, 0.25) is 0 Å². The van der Waals surface area contributed by atoms with Crippen molar-refractivity contribution < 1.29 is 4.74 Å². The Labute approximate surface area is 130 Å². The number of piperidine rings is 1. The van der Waals surface area contributed by atoms with Crippen LogP contribution in [0.3, 0.4) is 0 Å². The lowest BCUT2D eigenvalue weighted by atomic mass is 9.96. The van der Waals surface area contributed by atoms with E-state index in [2.05, 4.69) is 29.0 Å². The van der Waals surface area contributed by atoms with Crippen LogP contribution in [0.15, 0.2) is 0 Å². The van der Waals surface area contributed by atoms with Gasteiger partial charge in [0.05, 0.1) is 12.7 Å². The SMILES string of the molecule is CC(C)N1CCOC(CN2CCC(CNC3CC3)CC2)C1. The maximum absolute atomic E-state index is 5.98. The van der Waals surface area contributed by atoms with E-state index in [1.165, 1.54) is 45.3 Å². The van der Waals surface area contributed by atoms with Crippen molar-refractivity contribution in [1.82, 2.24) is 15.1 Å². The van der Waals surface area contributed by atoms with Crippen LogP contribution >= 0.6 is 0 Å². The molecule has 21 heavy (non-hydrogen) atoms. The van der Waals surface area contributed by atoms with Crippen LogP contribution in [0.5, 0.6) is 0 Å². The molecule has 3 rings (SSSR count). The summed E-state index contributed by atoms with van der Waals surface area (Å²) in [4.78, 5) is 5.18. The quantitative estimate of drug-likeness (QED) is 0.805. The zero-order valence-electron chi connectivity index (χ0n) is 13.9. The highest BCUT2D eigenvalue weighted by atomic mass is 16.5. The highest BCUT2D eigenvalue weighted by Crippen LogP contribution is 2.22. The molecule has 1 unspecified atom stereocenters. The van der Waals surface area contributed by atoms with Crippen molar-refractivity contribution in [2.45, 2.75) is 57.7 Å². The third-order valence-corrected chi connectivity index (χ3v) is 5.34. The smallest absolute Gasteiger partial charge is 0.0829 e. The van der Waals surface area contributed by atoms with E-state index in [4.69, 9.17) is 4.74 Å². The third-order valence-electron chi connectivity index (χ3n) is 5.34. The van der Waals surface area contributed by atoms with Crippen LogP contribution in [0.4, 0.5) is 0 Å². The van der Waals surface area contributed by atoms with E-state index in [1.807, 2.05) is 0 Å². The Balaban J connectivity index is 1.34.